The molecule has 3 N–H and O–H groups in total. The summed E-state index contributed by atoms with van der Waals surface area (Å²) in [7, 11) is 1.69. The lowest BCUT2D eigenvalue weighted by atomic mass is 9.85. The molecule has 1 fully saturated rings. The fourth-order valence-electron chi connectivity index (χ4n) is 1.34. The zero-order valence-electron chi connectivity index (χ0n) is 10.0. The van der Waals surface area contributed by atoms with Crippen LogP contribution in [-0.2, 0) is 4.74 Å². The second-order valence-electron chi connectivity index (χ2n) is 4.84. The molecule has 0 saturated heterocycles. The minimum atomic E-state index is -0.233. The summed E-state index contributed by atoms with van der Waals surface area (Å²) in [5.74, 6) is 1.33. The van der Waals surface area contributed by atoms with Gasteiger partial charge < -0.3 is 15.8 Å². The molecule has 0 atom stereocenters. The summed E-state index contributed by atoms with van der Waals surface area (Å²) in [6.45, 7) is 5.54. The molecule has 0 aromatic carbocycles. The molecule has 0 aliphatic heterocycles. The van der Waals surface area contributed by atoms with Crippen LogP contribution in [0.1, 0.15) is 33.1 Å². The maximum absolute atomic E-state index is 5.75. The van der Waals surface area contributed by atoms with Gasteiger partial charge in [0.25, 0.3) is 0 Å². The normalized spacial score (nSPS) is 18.7. The van der Waals surface area contributed by atoms with Crippen LogP contribution in [-0.4, -0.2) is 31.8 Å². The summed E-state index contributed by atoms with van der Waals surface area (Å²) in [5.41, 5.74) is 5.51. The molecule has 15 heavy (non-hydrogen) atoms. The number of methoxy groups -OCH3 is 1. The van der Waals surface area contributed by atoms with Crippen molar-refractivity contribution in [1.82, 2.24) is 5.32 Å². The molecular formula is C11H23N3O. The van der Waals surface area contributed by atoms with Gasteiger partial charge in [-0.05, 0) is 32.6 Å². The van der Waals surface area contributed by atoms with Gasteiger partial charge in [-0.15, -0.1) is 0 Å². The summed E-state index contributed by atoms with van der Waals surface area (Å²) < 4.78 is 5.26. The first-order valence-electron chi connectivity index (χ1n) is 5.62. The number of nitrogens with zero attached hydrogens (tertiary/aromatic N) is 1. The van der Waals surface area contributed by atoms with Crippen LogP contribution < -0.4 is 11.1 Å². The third-order valence-electron chi connectivity index (χ3n) is 2.98. The van der Waals surface area contributed by atoms with Crippen molar-refractivity contribution in [2.45, 2.75) is 38.7 Å². The minimum Gasteiger partial charge on any atom is -0.377 e. The molecule has 4 nitrogen and oxygen atoms in total. The molecule has 0 amide bonds. The van der Waals surface area contributed by atoms with Gasteiger partial charge in [0, 0.05) is 13.7 Å². The van der Waals surface area contributed by atoms with Crippen LogP contribution in [0.3, 0.4) is 0 Å². The SMILES string of the molecule is COC(C)(C)CN=C(N)NCC1CCC1. The zero-order valence-corrected chi connectivity index (χ0v) is 10.0. The fourth-order valence-corrected chi connectivity index (χ4v) is 1.34. The quantitative estimate of drug-likeness (QED) is 0.531. The third kappa shape index (κ3) is 4.51. The van der Waals surface area contributed by atoms with Gasteiger partial charge in [-0.25, -0.2) is 0 Å². The van der Waals surface area contributed by atoms with E-state index in [1.54, 1.807) is 7.11 Å². The van der Waals surface area contributed by atoms with E-state index >= 15 is 0 Å². The van der Waals surface area contributed by atoms with Crippen molar-refractivity contribution in [3.8, 4) is 0 Å². The van der Waals surface area contributed by atoms with Crippen molar-refractivity contribution in [3.63, 3.8) is 0 Å². The van der Waals surface area contributed by atoms with Crippen molar-refractivity contribution in [2.24, 2.45) is 16.6 Å². The number of ether oxygens (including phenoxy) is 1. The molecule has 1 saturated carbocycles. The van der Waals surface area contributed by atoms with Gasteiger partial charge in [0.05, 0.1) is 12.1 Å². The Morgan fingerprint density at radius 1 is 1.53 bits per heavy atom. The summed E-state index contributed by atoms with van der Waals surface area (Å²) in [6.07, 6.45) is 4.01. The number of rotatable bonds is 5. The lowest BCUT2D eigenvalue weighted by molar-refractivity contribution is 0.0311. The monoisotopic (exact) mass is 213 g/mol. The van der Waals surface area contributed by atoms with Gasteiger partial charge in [0.2, 0.25) is 0 Å². The zero-order chi connectivity index (χ0) is 11.3. The fraction of sp³-hybridized carbons (Fsp3) is 0.909. The molecule has 1 aliphatic rings. The van der Waals surface area contributed by atoms with E-state index in [0.29, 0.717) is 12.5 Å². The predicted molar refractivity (Wildman–Crippen MR) is 62.9 cm³/mol. The van der Waals surface area contributed by atoms with E-state index in [1.807, 2.05) is 13.8 Å². The first-order valence-corrected chi connectivity index (χ1v) is 5.62. The molecule has 0 spiro atoms. The highest BCUT2D eigenvalue weighted by molar-refractivity contribution is 5.77. The molecule has 88 valence electrons. The van der Waals surface area contributed by atoms with Gasteiger partial charge in [-0.1, -0.05) is 6.42 Å². The molecular weight excluding hydrogens is 190 g/mol. The largest absolute Gasteiger partial charge is 0.377 e. The van der Waals surface area contributed by atoms with E-state index in [0.717, 1.165) is 12.5 Å². The van der Waals surface area contributed by atoms with Crippen molar-refractivity contribution < 1.29 is 4.74 Å². The molecule has 4 heteroatoms. The van der Waals surface area contributed by atoms with Gasteiger partial charge >= 0.3 is 0 Å². The Morgan fingerprint density at radius 3 is 2.67 bits per heavy atom. The summed E-state index contributed by atoms with van der Waals surface area (Å²) in [4.78, 5) is 4.26. The highest BCUT2D eigenvalue weighted by Crippen LogP contribution is 2.24. The van der Waals surface area contributed by atoms with Crippen LogP contribution in [0.4, 0.5) is 0 Å². The maximum atomic E-state index is 5.75. The highest BCUT2D eigenvalue weighted by Gasteiger charge is 2.18. The molecule has 0 radical (unpaired) electrons. The number of hydrogen-bond donors (Lipinski definition) is 2. The lowest BCUT2D eigenvalue weighted by Crippen LogP contribution is -2.38. The van der Waals surface area contributed by atoms with Crippen LogP contribution in [0.15, 0.2) is 4.99 Å². The van der Waals surface area contributed by atoms with Crippen molar-refractivity contribution in [3.05, 3.63) is 0 Å². The molecule has 0 heterocycles. The summed E-state index contributed by atoms with van der Waals surface area (Å²) >= 11 is 0. The Balaban J connectivity index is 2.19. The number of nitrogens with two attached hydrogens (primary N) is 1. The Labute approximate surface area is 92.3 Å². The van der Waals surface area contributed by atoms with Crippen LogP contribution in [0.2, 0.25) is 0 Å². The first-order chi connectivity index (χ1) is 7.03. The Hall–Kier alpha value is -0.770. The van der Waals surface area contributed by atoms with Gasteiger partial charge in [0.15, 0.2) is 5.96 Å². The smallest absolute Gasteiger partial charge is 0.188 e. The molecule has 1 aliphatic carbocycles. The minimum absolute atomic E-state index is 0.233. The number of hydrogen-bond acceptors (Lipinski definition) is 2. The second kappa shape index (κ2) is 5.35. The predicted octanol–water partition coefficient (Wildman–Crippen LogP) is 1.12. The summed E-state index contributed by atoms with van der Waals surface area (Å²) in [5, 5.41) is 3.15. The second-order valence-corrected chi connectivity index (χ2v) is 4.84. The number of aliphatic imine (C=N–C) groups is 1. The standard InChI is InChI=1S/C11H23N3O/c1-11(2,15-3)8-14-10(12)13-7-9-5-4-6-9/h9H,4-8H2,1-3H3,(H3,12,13,14). The summed E-state index contributed by atoms with van der Waals surface area (Å²) in [6, 6.07) is 0. The molecule has 0 bridgehead atoms. The number of nitrogens with one attached hydrogen (secondary N) is 1. The number of guanidine groups is 1. The van der Waals surface area contributed by atoms with Gasteiger partial charge in [0.1, 0.15) is 0 Å². The van der Waals surface area contributed by atoms with E-state index in [1.165, 1.54) is 19.3 Å². The van der Waals surface area contributed by atoms with E-state index in [4.69, 9.17) is 10.5 Å². The van der Waals surface area contributed by atoms with Crippen LogP contribution >= 0.6 is 0 Å². The Bertz CT molecular complexity index is 222. The Morgan fingerprint density at radius 2 is 2.20 bits per heavy atom. The molecule has 0 aromatic rings. The average Bonchev–Trinajstić information content (AvgIpc) is 2.13. The van der Waals surface area contributed by atoms with Gasteiger partial charge in [-0.2, -0.15) is 0 Å². The molecule has 0 unspecified atom stereocenters. The third-order valence-corrected chi connectivity index (χ3v) is 2.98. The van der Waals surface area contributed by atoms with Crippen molar-refractivity contribution in [2.75, 3.05) is 20.2 Å². The van der Waals surface area contributed by atoms with Crippen LogP contribution in [0.25, 0.3) is 0 Å². The van der Waals surface area contributed by atoms with E-state index in [9.17, 15) is 0 Å². The topological polar surface area (TPSA) is 59.6 Å². The van der Waals surface area contributed by atoms with Crippen LogP contribution in [0, 0.1) is 5.92 Å². The molecule has 0 aromatic heterocycles. The Kier molecular flexibility index (Phi) is 4.39. The van der Waals surface area contributed by atoms with E-state index in [-0.39, 0.29) is 5.60 Å². The highest BCUT2D eigenvalue weighted by atomic mass is 16.5. The first kappa shape index (κ1) is 12.3. The van der Waals surface area contributed by atoms with Crippen molar-refractivity contribution >= 4 is 5.96 Å². The van der Waals surface area contributed by atoms with Crippen LogP contribution in [0.5, 0.6) is 0 Å². The van der Waals surface area contributed by atoms with Crippen molar-refractivity contribution in [1.29, 1.82) is 0 Å². The van der Waals surface area contributed by atoms with E-state index < -0.39 is 0 Å². The van der Waals surface area contributed by atoms with E-state index in [2.05, 4.69) is 10.3 Å². The average molecular weight is 213 g/mol. The molecule has 1 rings (SSSR count). The van der Waals surface area contributed by atoms with Gasteiger partial charge in [-0.3, -0.25) is 4.99 Å². The lowest BCUT2D eigenvalue weighted by Gasteiger charge is -2.26. The maximum Gasteiger partial charge on any atom is 0.188 e.